The lowest BCUT2D eigenvalue weighted by Crippen LogP contribution is -2.35. The van der Waals surface area contributed by atoms with E-state index in [9.17, 15) is 0 Å². The van der Waals surface area contributed by atoms with Gasteiger partial charge in [-0.2, -0.15) is 0 Å². The van der Waals surface area contributed by atoms with E-state index in [1.54, 1.807) is 0 Å². The van der Waals surface area contributed by atoms with Crippen molar-refractivity contribution in [3.05, 3.63) is 52.0 Å². The second-order valence-corrected chi connectivity index (χ2v) is 6.95. The summed E-state index contributed by atoms with van der Waals surface area (Å²) < 4.78 is 2.04. The fourth-order valence-corrected chi connectivity index (χ4v) is 3.38. The van der Waals surface area contributed by atoms with Crippen LogP contribution in [0.25, 0.3) is 17.8 Å². The Balaban J connectivity index is 2.17. The molecule has 1 aromatic carbocycles. The average Bonchev–Trinajstić information content (AvgIpc) is 2.96. The van der Waals surface area contributed by atoms with Gasteiger partial charge in [-0.15, -0.1) is 5.10 Å². The van der Waals surface area contributed by atoms with Gasteiger partial charge in [-0.3, -0.25) is 0 Å². The molecule has 1 aliphatic carbocycles. The molecule has 138 valence electrons. The topological polar surface area (TPSA) is 47.1 Å². The summed E-state index contributed by atoms with van der Waals surface area (Å²) >= 11 is 6.07. The van der Waals surface area contributed by atoms with E-state index in [0.29, 0.717) is 6.54 Å². The molecule has 0 fully saturated rings. The van der Waals surface area contributed by atoms with Crippen LogP contribution in [0.2, 0.25) is 5.02 Å². The lowest BCUT2D eigenvalue weighted by Gasteiger charge is -2.21. The number of hydrogen-bond acceptors (Lipinski definition) is 3. The summed E-state index contributed by atoms with van der Waals surface area (Å²) in [7, 11) is 0. The van der Waals surface area contributed by atoms with Crippen LogP contribution in [0, 0.1) is 0 Å². The number of benzene rings is 1. The van der Waals surface area contributed by atoms with Crippen LogP contribution in [-0.2, 0) is 0 Å². The molecule has 1 heterocycles. The van der Waals surface area contributed by atoms with E-state index in [0.717, 1.165) is 60.6 Å². The first kappa shape index (κ1) is 18.7. The standard InChI is InChI=1S/C21H27ClN4/c1-2-15-25(16-7-14-23)21-19-8-5-3-4-6-9-20(19)26(24-21)18-12-10-17(22)11-13-18/h3,5,8-13H,2,4,6-7,14-16,23H2,1H3. The summed E-state index contributed by atoms with van der Waals surface area (Å²) in [5, 5.41) is 8.08. The number of anilines is 1. The highest BCUT2D eigenvalue weighted by Crippen LogP contribution is 2.14. The van der Waals surface area contributed by atoms with Gasteiger partial charge in [0.05, 0.1) is 11.0 Å². The van der Waals surface area contributed by atoms with Crippen LogP contribution in [0.5, 0.6) is 0 Å². The molecule has 2 N–H and O–H groups in total. The Hall–Kier alpha value is -2.04. The Morgan fingerprint density at radius 2 is 2.00 bits per heavy atom. The van der Waals surface area contributed by atoms with E-state index in [1.165, 1.54) is 5.22 Å². The molecule has 0 amide bonds. The Morgan fingerprint density at radius 1 is 1.19 bits per heavy atom. The van der Waals surface area contributed by atoms with Crippen molar-refractivity contribution < 1.29 is 0 Å². The number of nitrogens with zero attached hydrogens (tertiary/aromatic N) is 3. The predicted molar refractivity (Wildman–Crippen MR) is 111 cm³/mol. The summed E-state index contributed by atoms with van der Waals surface area (Å²) in [5.41, 5.74) is 6.78. The largest absolute Gasteiger partial charge is 0.355 e. The van der Waals surface area contributed by atoms with Crippen molar-refractivity contribution in [1.29, 1.82) is 0 Å². The normalized spacial score (nSPS) is 13.3. The number of allylic oxidation sites excluding steroid dienone is 2. The molecule has 1 aromatic heterocycles. The van der Waals surface area contributed by atoms with Crippen LogP contribution in [-0.4, -0.2) is 29.4 Å². The van der Waals surface area contributed by atoms with Crippen molar-refractivity contribution >= 4 is 29.6 Å². The van der Waals surface area contributed by atoms with Gasteiger partial charge in [-0.1, -0.05) is 36.8 Å². The maximum Gasteiger partial charge on any atom is 0.159 e. The molecule has 0 unspecified atom stereocenters. The first-order valence-electron chi connectivity index (χ1n) is 9.41. The number of rotatable bonds is 7. The van der Waals surface area contributed by atoms with Gasteiger partial charge >= 0.3 is 0 Å². The maximum atomic E-state index is 6.07. The van der Waals surface area contributed by atoms with Crippen LogP contribution < -0.4 is 21.2 Å². The molecule has 0 bridgehead atoms. The third-order valence-electron chi connectivity index (χ3n) is 4.51. The molecule has 0 aliphatic heterocycles. The van der Waals surface area contributed by atoms with Gasteiger partial charge in [0.2, 0.25) is 0 Å². The monoisotopic (exact) mass is 370 g/mol. The molecule has 4 nitrogen and oxygen atoms in total. The molecule has 0 saturated heterocycles. The first-order valence-corrected chi connectivity index (χ1v) is 9.79. The number of aromatic nitrogens is 2. The van der Waals surface area contributed by atoms with E-state index >= 15 is 0 Å². The van der Waals surface area contributed by atoms with Crippen LogP contribution in [0.3, 0.4) is 0 Å². The van der Waals surface area contributed by atoms with Crippen LogP contribution in [0.4, 0.5) is 5.82 Å². The first-order chi connectivity index (χ1) is 12.7. The fraction of sp³-hybridized carbons (Fsp3) is 0.381. The summed E-state index contributed by atoms with van der Waals surface area (Å²) in [4.78, 5) is 2.36. The molecule has 26 heavy (non-hydrogen) atoms. The Morgan fingerprint density at radius 3 is 2.73 bits per heavy atom. The van der Waals surface area contributed by atoms with Crippen LogP contribution >= 0.6 is 11.6 Å². The van der Waals surface area contributed by atoms with Crippen LogP contribution in [0.1, 0.15) is 32.6 Å². The van der Waals surface area contributed by atoms with Crippen molar-refractivity contribution in [1.82, 2.24) is 9.78 Å². The lowest BCUT2D eigenvalue weighted by atomic mass is 10.2. The molecule has 0 spiro atoms. The summed E-state index contributed by atoms with van der Waals surface area (Å²) in [6.45, 7) is 4.79. The van der Waals surface area contributed by atoms with Crippen molar-refractivity contribution in [2.24, 2.45) is 5.73 Å². The van der Waals surface area contributed by atoms with Gasteiger partial charge < -0.3 is 10.6 Å². The average molecular weight is 371 g/mol. The lowest BCUT2D eigenvalue weighted by molar-refractivity contribution is 0.702. The Bertz CT molecular complexity index is 865. The van der Waals surface area contributed by atoms with Gasteiger partial charge in [0.15, 0.2) is 5.82 Å². The molecular formula is C21H27ClN4. The van der Waals surface area contributed by atoms with Gasteiger partial charge in [-0.05, 0) is 62.6 Å². The molecule has 1 aliphatic rings. The third-order valence-corrected chi connectivity index (χ3v) is 4.76. The minimum absolute atomic E-state index is 0.691. The van der Waals surface area contributed by atoms with E-state index in [-0.39, 0.29) is 0 Å². The highest BCUT2D eigenvalue weighted by molar-refractivity contribution is 6.30. The second-order valence-electron chi connectivity index (χ2n) is 6.52. The smallest absolute Gasteiger partial charge is 0.159 e. The van der Waals surface area contributed by atoms with E-state index in [4.69, 9.17) is 22.4 Å². The van der Waals surface area contributed by atoms with Crippen molar-refractivity contribution in [3.63, 3.8) is 0 Å². The van der Waals surface area contributed by atoms with Gasteiger partial charge in [0, 0.05) is 23.3 Å². The molecule has 0 radical (unpaired) electrons. The quantitative estimate of drug-likeness (QED) is 0.815. The van der Waals surface area contributed by atoms with Crippen molar-refractivity contribution in [3.8, 4) is 5.69 Å². The minimum atomic E-state index is 0.691. The molecule has 5 heteroatoms. The van der Waals surface area contributed by atoms with Crippen LogP contribution in [0.15, 0.2) is 36.4 Å². The highest BCUT2D eigenvalue weighted by atomic mass is 35.5. The SMILES string of the molecule is CCCN(CCCN)c1nn(-c2ccc(Cl)cc2)c2c1=CC=CCCC=2. The second kappa shape index (κ2) is 9.06. The number of hydrogen-bond donors (Lipinski definition) is 1. The third kappa shape index (κ3) is 4.19. The van der Waals surface area contributed by atoms with E-state index < -0.39 is 0 Å². The number of fused-ring (bicyclic) bond motifs is 1. The van der Waals surface area contributed by atoms with E-state index in [1.807, 2.05) is 28.9 Å². The fourth-order valence-electron chi connectivity index (χ4n) is 3.25. The number of nitrogens with two attached hydrogens (primary N) is 1. The Kier molecular flexibility index (Phi) is 6.53. The van der Waals surface area contributed by atoms with E-state index in [2.05, 4.69) is 36.1 Å². The van der Waals surface area contributed by atoms with Gasteiger partial charge in [-0.25, -0.2) is 4.68 Å². The van der Waals surface area contributed by atoms with Crippen molar-refractivity contribution in [2.75, 3.05) is 24.5 Å². The van der Waals surface area contributed by atoms with Crippen molar-refractivity contribution in [2.45, 2.75) is 32.6 Å². The molecular weight excluding hydrogens is 344 g/mol. The summed E-state index contributed by atoms with van der Waals surface area (Å²) in [6.07, 6.45) is 12.9. The summed E-state index contributed by atoms with van der Waals surface area (Å²) in [5.74, 6) is 1.04. The Labute approximate surface area is 160 Å². The zero-order valence-electron chi connectivity index (χ0n) is 15.4. The summed E-state index contributed by atoms with van der Waals surface area (Å²) in [6, 6.07) is 7.86. The van der Waals surface area contributed by atoms with Gasteiger partial charge in [0.25, 0.3) is 0 Å². The molecule has 0 saturated carbocycles. The molecule has 0 atom stereocenters. The molecule has 2 aromatic rings. The maximum absolute atomic E-state index is 6.07. The zero-order chi connectivity index (χ0) is 18.4. The highest BCUT2D eigenvalue weighted by Gasteiger charge is 2.15. The number of halogens is 1. The predicted octanol–water partition coefficient (Wildman–Crippen LogP) is 3.00. The minimum Gasteiger partial charge on any atom is -0.355 e. The zero-order valence-corrected chi connectivity index (χ0v) is 16.1. The molecule has 3 rings (SSSR count). The van der Waals surface area contributed by atoms with Gasteiger partial charge in [0.1, 0.15) is 0 Å².